The van der Waals surface area contributed by atoms with E-state index in [1.807, 2.05) is 32.0 Å². The highest BCUT2D eigenvalue weighted by atomic mass is 16.7. The summed E-state index contributed by atoms with van der Waals surface area (Å²) in [6.07, 6.45) is 0.299. The van der Waals surface area contributed by atoms with E-state index in [4.69, 9.17) is 9.57 Å². The van der Waals surface area contributed by atoms with E-state index < -0.39 is 35.8 Å². The van der Waals surface area contributed by atoms with E-state index in [2.05, 4.69) is 12.1 Å². The highest BCUT2D eigenvalue weighted by Gasteiger charge is 2.51. The van der Waals surface area contributed by atoms with Crippen LogP contribution in [0.5, 0.6) is 0 Å². The number of benzene rings is 1. The topological polar surface area (TPSA) is 99.7 Å². The Bertz CT molecular complexity index is 924. The fourth-order valence-corrected chi connectivity index (χ4v) is 4.40. The number of hydrogen-bond donors (Lipinski definition) is 0. The van der Waals surface area contributed by atoms with Gasteiger partial charge in [-0.1, -0.05) is 49.2 Å². The van der Waals surface area contributed by atoms with Gasteiger partial charge in [0, 0.05) is 26.2 Å². The number of urea groups is 1. The molecule has 35 heavy (non-hydrogen) atoms. The Morgan fingerprint density at radius 2 is 1.51 bits per heavy atom. The molecule has 3 aliphatic heterocycles. The van der Waals surface area contributed by atoms with Gasteiger partial charge in [-0.05, 0) is 45.1 Å². The number of piperidine rings is 1. The summed E-state index contributed by atoms with van der Waals surface area (Å²) >= 11 is 0. The van der Waals surface area contributed by atoms with Crippen LogP contribution in [0, 0.1) is 0 Å². The maximum Gasteiger partial charge on any atom is 0.434 e. The molecule has 3 fully saturated rings. The maximum absolute atomic E-state index is 12.8. The zero-order valence-electron chi connectivity index (χ0n) is 21.2. The van der Waals surface area contributed by atoms with E-state index in [-0.39, 0.29) is 19.6 Å². The van der Waals surface area contributed by atoms with Gasteiger partial charge in [0.15, 0.2) is 0 Å². The fourth-order valence-electron chi connectivity index (χ4n) is 4.40. The van der Waals surface area contributed by atoms with Crippen molar-refractivity contribution in [2.24, 2.45) is 0 Å². The van der Waals surface area contributed by atoms with Gasteiger partial charge in [0.1, 0.15) is 11.6 Å². The third-order valence-corrected chi connectivity index (χ3v) is 6.13. The minimum absolute atomic E-state index is 0.00396. The number of hydrogen-bond acceptors (Lipinski definition) is 6. The largest absolute Gasteiger partial charge is 0.444 e. The van der Waals surface area contributed by atoms with Crippen molar-refractivity contribution in [3.05, 3.63) is 35.9 Å². The Labute approximate surface area is 206 Å². The first-order valence-corrected chi connectivity index (χ1v) is 12.3. The standard InChI is InChI=1S/C23H30N4O6.C2H6/c1-23(2,3)32-21(30)25-13-14-26-18(15-25)19(28)27(20(26)29)33-22(31)24-11-9-17(10-12-24)16-7-5-4-6-8-16;1-2/h4-8,17-18H,9-15H2,1-3H3;1-2H3. The van der Waals surface area contributed by atoms with Crippen LogP contribution in [0.15, 0.2) is 30.3 Å². The molecule has 0 saturated carbocycles. The molecule has 3 aliphatic rings. The number of fused-ring (bicyclic) bond motifs is 1. The number of hydroxylamine groups is 2. The fraction of sp³-hybridized carbons (Fsp3) is 0.600. The third-order valence-electron chi connectivity index (χ3n) is 6.13. The van der Waals surface area contributed by atoms with Crippen molar-refractivity contribution in [1.29, 1.82) is 0 Å². The highest BCUT2D eigenvalue weighted by molar-refractivity contribution is 6.04. The summed E-state index contributed by atoms with van der Waals surface area (Å²) in [4.78, 5) is 60.1. The van der Waals surface area contributed by atoms with E-state index >= 15 is 0 Å². The van der Waals surface area contributed by atoms with Crippen LogP contribution < -0.4 is 0 Å². The lowest BCUT2D eigenvalue weighted by atomic mass is 9.90. The lowest BCUT2D eigenvalue weighted by Gasteiger charge is -2.35. The number of nitrogens with zero attached hydrogens (tertiary/aromatic N) is 4. The smallest absolute Gasteiger partial charge is 0.434 e. The van der Waals surface area contributed by atoms with E-state index in [9.17, 15) is 19.2 Å². The van der Waals surface area contributed by atoms with Crippen molar-refractivity contribution >= 4 is 24.1 Å². The van der Waals surface area contributed by atoms with Crippen LogP contribution in [0.1, 0.15) is 58.9 Å². The molecule has 0 bridgehead atoms. The predicted octanol–water partition coefficient (Wildman–Crippen LogP) is 3.83. The van der Waals surface area contributed by atoms with Crippen molar-refractivity contribution in [2.75, 3.05) is 32.7 Å². The van der Waals surface area contributed by atoms with Gasteiger partial charge < -0.3 is 24.3 Å². The molecule has 0 radical (unpaired) electrons. The molecule has 0 N–H and O–H groups in total. The quantitative estimate of drug-likeness (QED) is 0.587. The second kappa shape index (κ2) is 11.0. The van der Waals surface area contributed by atoms with E-state index in [1.54, 1.807) is 20.8 Å². The normalized spacial score (nSPS) is 20.8. The highest BCUT2D eigenvalue weighted by Crippen LogP contribution is 2.29. The van der Waals surface area contributed by atoms with Gasteiger partial charge in [0.05, 0.1) is 6.54 Å². The molecule has 0 aliphatic carbocycles. The number of ether oxygens (including phenoxy) is 1. The second-order valence-electron chi connectivity index (χ2n) is 9.58. The van der Waals surface area contributed by atoms with Crippen molar-refractivity contribution in [2.45, 2.75) is 65.0 Å². The van der Waals surface area contributed by atoms with Crippen molar-refractivity contribution in [3.8, 4) is 0 Å². The molecule has 10 nitrogen and oxygen atoms in total. The van der Waals surface area contributed by atoms with Crippen LogP contribution in [0.4, 0.5) is 14.4 Å². The number of piperazine rings is 1. The molecule has 4 rings (SSSR count). The molecule has 1 unspecified atom stereocenters. The number of imide groups is 1. The molecule has 0 spiro atoms. The van der Waals surface area contributed by atoms with Gasteiger partial charge >= 0.3 is 18.2 Å². The number of carbonyl (C=O) groups is 4. The number of amides is 5. The number of rotatable bonds is 2. The third kappa shape index (κ3) is 6.04. The van der Waals surface area contributed by atoms with Gasteiger partial charge in [0.2, 0.25) is 0 Å². The lowest BCUT2D eigenvalue weighted by Crippen LogP contribution is -2.55. The zero-order chi connectivity index (χ0) is 25.8. The molecule has 1 aromatic carbocycles. The number of carbonyl (C=O) groups excluding carboxylic acids is 4. The molecule has 5 amide bonds. The molecule has 3 saturated heterocycles. The van der Waals surface area contributed by atoms with Crippen LogP contribution in [-0.2, 0) is 14.4 Å². The van der Waals surface area contributed by atoms with Gasteiger partial charge in [0.25, 0.3) is 5.91 Å². The van der Waals surface area contributed by atoms with Crippen LogP contribution in [0.25, 0.3) is 0 Å². The maximum atomic E-state index is 12.8. The molecular weight excluding hydrogens is 452 g/mol. The van der Waals surface area contributed by atoms with Gasteiger partial charge in [-0.15, -0.1) is 0 Å². The van der Waals surface area contributed by atoms with E-state index in [0.29, 0.717) is 24.1 Å². The Morgan fingerprint density at radius 1 is 0.886 bits per heavy atom. The summed E-state index contributed by atoms with van der Waals surface area (Å²) in [5.41, 5.74) is 0.570. The van der Waals surface area contributed by atoms with E-state index in [1.165, 1.54) is 20.3 Å². The molecular formula is C25H36N4O6. The minimum Gasteiger partial charge on any atom is -0.444 e. The van der Waals surface area contributed by atoms with Gasteiger partial charge in [-0.2, -0.15) is 0 Å². The summed E-state index contributed by atoms with van der Waals surface area (Å²) < 4.78 is 5.37. The average molecular weight is 489 g/mol. The van der Waals surface area contributed by atoms with Crippen molar-refractivity contribution in [1.82, 2.24) is 19.8 Å². The average Bonchev–Trinajstić information content (AvgIpc) is 3.09. The Hall–Kier alpha value is -3.30. The molecule has 1 aromatic rings. The molecule has 192 valence electrons. The summed E-state index contributed by atoms with van der Waals surface area (Å²) in [5, 5.41) is 0.537. The van der Waals surface area contributed by atoms with Crippen molar-refractivity contribution in [3.63, 3.8) is 0 Å². The van der Waals surface area contributed by atoms with Crippen LogP contribution in [0.3, 0.4) is 0 Å². The summed E-state index contributed by atoms with van der Waals surface area (Å²) in [6.45, 7) is 10.6. The molecule has 3 heterocycles. The van der Waals surface area contributed by atoms with Gasteiger partial charge in [-0.3, -0.25) is 4.79 Å². The molecule has 1 atom stereocenters. The summed E-state index contributed by atoms with van der Waals surface area (Å²) in [5.74, 6) is -0.293. The first-order chi connectivity index (χ1) is 16.6. The van der Waals surface area contributed by atoms with Crippen molar-refractivity contribution < 1.29 is 28.8 Å². The predicted molar refractivity (Wildman–Crippen MR) is 128 cm³/mol. The van der Waals surface area contributed by atoms with Crippen LogP contribution in [0.2, 0.25) is 0 Å². The lowest BCUT2D eigenvalue weighted by molar-refractivity contribution is -0.152. The zero-order valence-corrected chi connectivity index (χ0v) is 21.2. The first-order valence-electron chi connectivity index (χ1n) is 12.3. The second-order valence-corrected chi connectivity index (χ2v) is 9.58. The molecule has 0 aromatic heterocycles. The Kier molecular flexibility index (Phi) is 8.24. The number of likely N-dealkylation sites (tertiary alicyclic amines) is 1. The summed E-state index contributed by atoms with van der Waals surface area (Å²) in [6, 6.07) is 8.56. The SMILES string of the molecule is CC.CC(C)(C)OC(=O)N1CCN2C(=O)N(OC(=O)N3CCC(c4ccccc4)CC3)C(=O)C2C1. The summed E-state index contributed by atoms with van der Waals surface area (Å²) in [7, 11) is 0. The van der Waals surface area contributed by atoms with Crippen LogP contribution in [-0.4, -0.2) is 88.3 Å². The minimum atomic E-state index is -0.893. The van der Waals surface area contributed by atoms with Crippen LogP contribution >= 0.6 is 0 Å². The van der Waals surface area contributed by atoms with Gasteiger partial charge in [-0.25, -0.2) is 14.4 Å². The first kappa shape index (κ1) is 26.3. The Balaban J connectivity index is 0.00000167. The Morgan fingerprint density at radius 3 is 2.11 bits per heavy atom. The van der Waals surface area contributed by atoms with E-state index in [0.717, 1.165) is 12.8 Å². The monoisotopic (exact) mass is 488 g/mol. The molecule has 10 heteroatoms.